The first-order valence-corrected chi connectivity index (χ1v) is 4.41. The van der Waals surface area contributed by atoms with Gasteiger partial charge in [-0.05, 0) is 37.3 Å². The van der Waals surface area contributed by atoms with Gasteiger partial charge in [0, 0.05) is 0 Å². The van der Waals surface area contributed by atoms with Gasteiger partial charge in [0.05, 0.1) is 0 Å². The van der Waals surface area contributed by atoms with E-state index in [1.807, 2.05) is 0 Å². The standard InChI is InChI=1S/C9H19N/c1-7-4-8(2)9(3)6-10-5-7/h7-10H,4-6H2,1-3H3. The average molecular weight is 141 g/mol. The lowest BCUT2D eigenvalue weighted by Gasteiger charge is -2.16. The van der Waals surface area contributed by atoms with Crippen LogP contribution < -0.4 is 5.32 Å². The third-order valence-electron chi connectivity index (χ3n) is 2.70. The fraction of sp³-hybridized carbons (Fsp3) is 1.00. The Labute approximate surface area is 64.2 Å². The minimum atomic E-state index is 0.866. The van der Waals surface area contributed by atoms with Crippen LogP contribution in [-0.2, 0) is 0 Å². The van der Waals surface area contributed by atoms with Crippen LogP contribution in [0, 0.1) is 17.8 Å². The van der Waals surface area contributed by atoms with E-state index in [-0.39, 0.29) is 0 Å². The van der Waals surface area contributed by atoms with E-state index in [9.17, 15) is 0 Å². The van der Waals surface area contributed by atoms with Crippen molar-refractivity contribution in [1.29, 1.82) is 0 Å². The molecule has 10 heavy (non-hydrogen) atoms. The van der Waals surface area contributed by atoms with E-state index in [4.69, 9.17) is 0 Å². The molecular formula is C9H19N. The summed E-state index contributed by atoms with van der Waals surface area (Å²) in [7, 11) is 0. The van der Waals surface area contributed by atoms with Crippen molar-refractivity contribution < 1.29 is 0 Å². The lowest BCUT2D eigenvalue weighted by atomic mass is 9.89. The summed E-state index contributed by atoms with van der Waals surface area (Å²) < 4.78 is 0. The van der Waals surface area contributed by atoms with Crippen LogP contribution in [0.5, 0.6) is 0 Å². The average Bonchev–Trinajstić information content (AvgIpc) is 1.96. The van der Waals surface area contributed by atoms with Gasteiger partial charge in [-0.3, -0.25) is 0 Å². The van der Waals surface area contributed by atoms with Gasteiger partial charge in [0.25, 0.3) is 0 Å². The zero-order valence-corrected chi connectivity index (χ0v) is 7.35. The summed E-state index contributed by atoms with van der Waals surface area (Å²) in [5, 5.41) is 3.48. The Morgan fingerprint density at radius 1 is 1.00 bits per heavy atom. The monoisotopic (exact) mass is 141 g/mol. The van der Waals surface area contributed by atoms with Gasteiger partial charge in [0.1, 0.15) is 0 Å². The second-order valence-electron chi connectivity index (χ2n) is 3.95. The molecule has 1 heterocycles. The fourth-order valence-corrected chi connectivity index (χ4v) is 1.71. The van der Waals surface area contributed by atoms with E-state index in [1.165, 1.54) is 19.5 Å². The minimum Gasteiger partial charge on any atom is -0.316 e. The van der Waals surface area contributed by atoms with E-state index in [0.717, 1.165) is 17.8 Å². The molecule has 0 aliphatic carbocycles. The SMILES string of the molecule is CC1CNCC(C)C(C)C1. The summed E-state index contributed by atoms with van der Waals surface area (Å²) >= 11 is 0. The van der Waals surface area contributed by atoms with Gasteiger partial charge in [0.2, 0.25) is 0 Å². The van der Waals surface area contributed by atoms with Gasteiger partial charge in [-0.25, -0.2) is 0 Å². The smallest absolute Gasteiger partial charge is 0.00205 e. The van der Waals surface area contributed by atoms with Crippen molar-refractivity contribution in [2.75, 3.05) is 13.1 Å². The molecule has 1 rings (SSSR count). The van der Waals surface area contributed by atoms with Crippen molar-refractivity contribution in [1.82, 2.24) is 5.32 Å². The van der Waals surface area contributed by atoms with E-state index in [0.29, 0.717) is 0 Å². The molecule has 1 N–H and O–H groups in total. The zero-order valence-electron chi connectivity index (χ0n) is 7.35. The molecule has 1 nitrogen and oxygen atoms in total. The summed E-state index contributed by atoms with van der Waals surface area (Å²) in [5.74, 6) is 2.65. The molecule has 0 aromatic carbocycles. The van der Waals surface area contributed by atoms with Crippen molar-refractivity contribution >= 4 is 0 Å². The van der Waals surface area contributed by atoms with E-state index in [2.05, 4.69) is 26.1 Å². The summed E-state index contributed by atoms with van der Waals surface area (Å²) in [4.78, 5) is 0. The van der Waals surface area contributed by atoms with Gasteiger partial charge in [0.15, 0.2) is 0 Å². The summed E-state index contributed by atoms with van der Waals surface area (Å²) in [6.45, 7) is 9.48. The van der Waals surface area contributed by atoms with Crippen LogP contribution in [0.25, 0.3) is 0 Å². The predicted molar refractivity (Wildman–Crippen MR) is 45.0 cm³/mol. The number of nitrogens with one attached hydrogen (secondary N) is 1. The molecule has 0 aromatic rings. The van der Waals surface area contributed by atoms with Crippen LogP contribution in [0.4, 0.5) is 0 Å². The Balaban J connectivity index is 2.41. The molecule has 0 spiro atoms. The van der Waals surface area contributed by atoms with Crippen molar-refractivity contribution in [3.8, 4) is 0 Å². The maximum absolute atomic E-state index is 3.48. The molecule has 0 bridgehead atoms. The van der Waals surface area contributed by atoms with Crippen molar-refractivity contribution in [2.24, 2.45) is 17.8 Å². The predicted octanol–water partition coefficient (Wildman–Crippen LogP) is 1.89. The molecular weight excluding hydrogens is 122 g/mol. The molecule has 0 radical (unpaired) electrons. The lowest BCUT2D eigenvalue weighted by molar-refractivity contribution is 0.357. The Morgan fingerprint density at radius 3 is 2.40 bits per heavy atom. The molecule has 60 valence electrons. The molecule has 3 atom stereocenters. The van der Waals surface area contributed by atoms with Crippen LogP contribution in [-0.4, -0.2) is 13.1 Å². The topological polar surface area (TPSA) is 12.0 Å². The highest BCUT2D eigenvalue weighted by Gasteiger charge is 2.18. The molecule has 1 fully saturated rings. The fourth-order valence-electron chi connectivity index (χ4n) is 1.71. The molecule has 1 aliphatic rings. The molecule has 0 aromatic heterocycles. The Kier molecular flexibility index (Phi) is 2.72. The van der Waals surface area contributed by atoms with E-state index >= 15 is 0 Å². The summed E-state index contributed by atoms with van der Waals surface area (Å²) in [6, 6.07) is 0. The molecule has 1 heteroatoms. The molecule has 1 saturated heterocycles. The van der Waals surface area contributed by atoms with Gasteiger partial charge < -0.3 is 5.32 Å². The van der Waals surface area contributed by atoms with E-state index < -0.39 is 0 Å². The molecule has 3 unspecified atom stereocenters. The second kappa shape index (κ2) is 3.38. The minimum absolute atomic E-state index is 0.866. The number of hydrogen-bond donors (Lipinski definition) is 1. The highest BCUT2D eigenvalue weighted by atomic mass is 14.9. The summed E-state index contributed by atoms with van der Waals surface area (Å²) in [6.07, 6.45) is 1.40. The second-order valence-corrected chi connectivity index (χ2v) is 3.95. The Morgan fingerprint density at radius 2 is 1.70 bits per heavy atom. The van der Waals surface area contributed by atoms with E-state index in [1.54, 1.807) is 0 Å². The van der Waals surface area contributed by atoms with Gasteiger partial charge in [-0.1, -0.05) is 20.8 Å². The van der Waals surface area contributed by atoms with Crippen molar-refractivity contribution in [2.45, 2.75) is 27.2 Å². The quantitative estimate of drug-likeness (QED) is 0.543. The first-order chi connectivity index (χ1) is 4.70. The Hall–Kier alpha value is -0.0400. The Bertz CT molecular complexity index is 101. The van der Waals surface area contributed by atoms with Gasteiger partial charge in [-0.15, -0.1) is 0 Å². The van der Waals surface area contributed by atoms with Crippen LogP contribution in [0.1, 0.15) is 27.2 Å². The van der Waals surface area contributed by atoms with Crippen LogP contribution in [0.2, 0.25) is 0 Å². The number of hydrogen-bond acceptors (Lipinski definition) is 1. The first-order valence-electron chi connectivity index (χ1n) is 4.41. The van der Waals surface area contributed by atoms with Crippen molar-refractivity contribution in [3.63, 3.8) is 0 Å². The zero-order chi connectivity index (χ0) is 7.56. The molecule has 1 aliphatic heterocycles. The first kappa shape index (κ1) is 8.06. The molecule has 0 amide bonds. The highest BCUT2D eigenvalue weighted by Crippen LogP contribution is 2.21. The maximum Gasteiger partial charge on any atom is -0.00205 e. The van der Waals surface area contributed by atoms with Crippen LogP contribution >= 0.6 is 0 Å². The lowest BCUT2D eigenvalue weighted by Crippen LogP contribution is -2.22. The van der Waals surface area contributed by atoms with Crippen LogP contribution in [0.3, 0.4) is 0 Å². The number of rotatable bonds is 0. The third kappa shape index (κ3) is 1.98. The third-order valence-corrected chi connectivity index (χ3v) is 2.70. The maximum atomic E-state index is 3.48. The highest BCUT2D eigenvalue weighted by molar-refractivity contribution is 4.73. The largest absolute Gasteiger partial charge is 0.316 e. The van der Waals surface area contributed by atoms with Crippen molar-refractivity contribution in [3.05, 3.63) is 0 Å². The molecule has 0 saturated carbocycles. The van der Waals surface area contributed by atoms with Gasteiger partial charge in [-0.2, -0.15) is 0 Å². The summed E-state index contributed by atoms with van der Waals surface area (Å²) in [5.41, 5.74) is 0. The normalized spacial score (nSPS) is 42.9. The van der Waals surface area contributed by atoms with Crippen LogP contribution in [0.15, 0.2) is 0 Å². The van der Waals surface area contributed by atoms with Gasteiger partial charge >= 0.3 is 0 Å².